The van der Waals surface area contributed by atoms with Gasteiger partial charge in [-0.05, 0) is 43.0 Å². The van der Waals surface area contributed by atoms with E-state index in [1.54, 1.807) is 0 Å². The maximum atomic E-state index is 12.8. The molecule has 1 aromatic carbocycles. The molecule has 5 nitrogen and oxygen atoms in total. The molecule has 1 aliphatic heterocycles. The van der Waals surface area contributed by atoms with Crippen molar-refractivity contribution >= 4 is 5.96 Å². The van der Waals surface area contributed by atoms with Crippen molar-refractivity contribution in [3.8, 4) is 5.75 Å². The fourth-order valence-corrected chi connectivity index (χ4v) is 2.47. The molecule has 1 fully saturated rings. The van der Waals surface area contributed by atoms with Gasteiger partial charge in [0.15, 0.2) is 5.96 Å². The first kappa shape index (κ1) is 16.5. The van der Waals surface area contributed by atoms with E-state index in [1.165, 1.54) is 30.7 Å². The summed E-state index contributed by atoms with van der Waals surface area (Å²) in [7, 11) is 0. The maximum absolute atomic E-state index is 12.8. The molecule has 0 amide bonds. The van der Waals surface area contributed by atoms with E-state index in [0.29, 0.717) is 17.6 Å². The zero-order valence-electron chi connectivity index (χ0n) is 12.9. The average Bonchev–Trinajstić information content (AvgIpc) is 2.52. The lowest BCUT2D eigenvalue weighted by molar-refractivity contribution is 0.114. The summed E-state index contributed by atoms with van der Waals surface area (Å²) in [6.45, 7) is 4.32. The van der Waals surface area contributed by atoms with E-state index in [9.17, 15) is 9.50 Å². The summed E-state index contributed by atoms with van der Waals surface area (Å²) in [5, 5.41) is 9.88. The maximum Gasteiger partial charge on any atom is 0.191 e. The van der Waals surface area contributed by atoms with Crippen LogP contribution in [-0.4, -0.2) is 48.3 Å². The van der Waals surface area contributed by atoms with Crippen LogP contribution in [0.3, 0.4) is 0 Å². The Labute approximate surface area is 130 Å². The predicted molar refractivity (Wildman–Crippen MR) is 84.4 cm³/mol. The third-order valence-electron chi connectivity index (χ3n) is 3.70. The Kier molecular flexibility index (Phi) is 6.00. The van der Waals surface area contributed by atoms with Gasteiger partial charge in [-0.25, -0.2) is 4.39 Å². The fourth-order valence-electron chi connectivity index (χ4n) is 2.47. The molecule has 22 heavy (non-hydrogen) atoms. The lowest BCUT2D eigenvalue weighted by Crippen LogP contribution is -2.44. The first-order valence-electron chi connectivity index (χ1n) is 7.66. The van der Waals surface area contributed by atoms with Gasteiger partial charge in [0.2, 0.25) is 0 Å². The van der Waals surface area contributed by atoms with Crippen LogP contribution in [0.15, 0.2) is 29.3 Å². The van der Waals surface area contributed by atoms with E-state index < -0.39 is 6.10 Å². The molecule has 0 radical (unpaired) electrons. The smallest absolute Gasteiger partial charge is 0.191 e. The summed E-state index contributed by atoms with van der Waals surface area (Å²) >= 11 is 0. The number of aliphatic imine (C=N–C) groups is 1. The predicted octanol–water partition coefficient (Wildman–Crippen LogP) is 1.61. The second-order valence-corrected chi connectivity index (χ2v) is 5.81. The minimum Gasteiger partial charge on any atom is -0.491 e. The number of aliphatic hydroxyl groups is 1. The Hall–Kier alpha value is -1.82. The normalized spacial score (nSPS) is 20.8. The number of piperidine rings is 1. The van der Waals surface area contributed by atoms with Gasteiger partial charge in [-0.15, -0.1) is 0 Å². The van der Waals surface area contributed by atoms with Crippen molar-refractivity contribution in [1.29, 1.82) is 0 Å². The lowest BCUT2D eigenvalue weighted by Gasteiger charge is -2.31. The van der Waals surface area contributed by atoms with Crippen molar-refractivity contribution in [3.05, 3.63) is 30.1 Å². The molecule has 2 unspecified atom stereocenters. The number of hydrogen-bond acceptors (Lipinski definition) is 3. The third kappa shape index (κ3) is 5.18. The third-order valence-corrected chi connectivity index (χ3v) is 3.70. The summed E-state index contributed by atoms with van der Waals surface area (Å²) in [5.41, 5.74) is 5.97. The summed E-state index contributed by atoms with van der Waals surface area (Å²) in [6, 6.07) is 5.67. The molecule has 0 aromatic heterocycles. The van der Waals surface area contributed by atoms with Gasteiger partial charge in [0, 0.05) is 13.1 Å². The number of guanidine groups is 1. The van der Waals surface area contributed by atoms with Gasteiger partial charge in [-0.3, -0.25) is 4.99 Å². The van der Waals surface area contributed by atoms with Crippen LogP contribution in [0, 0.1) is 11.7 Å². The Bertz CT molecular complexity index is 493. The Morgan fingerprint density at radius 2 is 2.23 bits per heavy atom. The van der Waals surface area contributed by atoms with Crippen LogP contribution in [-0.2, 0) is 0 Å². The Balaban J connectivity index is 1.75. The summed E-state index contributed by atoms with van der Waals surface area (Å²) in [4.78, 5) is 6.30. The minimum absolute atomic E-state index is 0.0960. The number of likely N-dealkylation sites (tertiary alicyclic amines) is 1. The Morgan fingerprint density at radius 3 is 2.91 bits per heavy atom. The van der Waals surface area contributed by atoms with Gasteiger partial charge in [0.1, 0.15) is 24.3 Å². The van der Waals surface area contributed by atoms with Crippen molar-refractivity contribution in [2.45, 2.75) is 25.9 Å². The van der Waals surface area contributed by atoms with Crippen LogP contribution < -0.4 is 10.5 Å². The first-order valence-corrected chi connectivity index (χ1v) is 7.66. The zero-order valence-corrected chi connectivity index (χ0v) is 12.9. The molecule has 0 aliphatic carbocycles. The van der Waals surface area contributed by atoms with E-state index in [4.69, 9.17) is 10.5 Å². The Morgan fingerprint density at radius 1 is 1.50 bits per heavy atom. The standard InChI is InChI=1S/C16H24FN3O2/c1-12-3-2-8-20(10-12)16(18)19-9-14(21)11-22-15-6-4-13(17)5-7-15/h4-7,12,14,21H,2-3,8-11H2,1H3,(H2,18,19). The second-order valence-electron chi connectivity index (χ2n) is 5.81. The zero-order chi connectivity index (χ0) is 15.9. The molecule has 6 heteroatoms. The highest BCUT2D eigenvalue weighted by molar-refractivity contribution is 5.78. The molecule has 1 heterocycles. The first-order chi connectivity index (χ1) is 10.5. The molecule has 122 valence electrons. The largest absolute Gasteiger partial charge is 0.491 e. The summed E-state index contributed by atoms with van der Waals surface area (Å²) in [6.07, 6.45) is 1.59. The van der Waals surface area contributed by atoms with Gasteiger partial charge in [-0.2, -0.15) is 0 Å². The molecule has 1 saturated heterocycles. The van der Waals surface area contributed by atoms with E-state index in [1.807, 2.05) is 0 Å². The van der Waals surface area contributed by atoms with Crippen molar-refractivity contribution in [2.24, 2.45) is 16.6 Å². The molecule has 1 aliphatic rings. The number of aliphatic hydroxyl groups excluding tert-OH is 1. The molecule has 2 atom stereocenters. The number of halogens is 1. The lowest BCUT2D eigenvalue weighted by atomic mass is 10.0. The number of benzene rings is 1. The monoisotopic (exact) mass is 309 g/mol. The van der Waals surface area contributed by atoms with Crippen molar-refractivity contribution in [1.82, 2.24) is 4.90 Å². The van der Waals surface area contributed by atoms with Crippen molar-refractivity contribution in [2.75, 3.05) is 26.2 Å². The van der Waals surface area contributed by atoms with Gasteiger partial charge in [0.25, 0.3) is 0 Å². The van der Waals surface area contributed by atoms with E-state index in [-0.39, 0.29) is 19.0 Å². The quantitative estimate of drug-likeness (QED) is 0.640. The number of nitrogens with two attached hydrogens (primary N) is 1. The van der Waals surface area contributed by atoms with Crippen LogP contribution in [0.25, 0.3) is 0 Å². The van der Waals surface area contributed by atoms with E-state index in [2.05, 4.69) is 16.8 Å². The second kappa shape index (κ2) is 7.98. The van der Waals surface area contributed by atoms with Gasteiger partial charge < -0.3 is 20.5 Å². The SMILES string of the molecule is CC1CCCN(C(N)=NCC(O)COc2ccc(F)cc2)C1. The van der Waals surface area contributed by atoms with Crippen LogP contribution in [0.1, 0.15) is 19.8 Å². The molecule has 3 N–H and O–H groups in total. The summed E-state index contributed by atoms with van der Waals surface area (Å²) in [5.74, 6) is 1.30. The average molecular weight is 309 g/mol. The van der Waals surface area contributed by atoms with E-state index >= 15 is 0 Å². The van der Waals surface area contributed by atoms with Crippen molar-refractivity contribution < 1.29 is 14.2 Å². The number of nitrogens with zero attached hydrogens (tertiary/aromatic N) is 2. The highest BCUT2D eigenvalue weighted by Gasteiger charge is 2.17. The highest BCUT2D eigenvalue weighted by Crippen LogP contribution is 2.15. The van der Waals surface area contributed by atoms with Crippen LogP contribution in [0.2, 0.25) is 0 Å². The van der Waals surface area contributed by atoms with Gasteiger partial charge >= 0.3 is 0 Å². The van der Waals surface area contributed by atoms with Crippen LogP contribution >= 0.6 is 0 Å². The molecular formula is C16H24FN3O2. The van der Waals surface area contributed by atoms with Crippen LogP contribution in [0.4, 0.5) is 4.39 Å². The molecule has 0 bridgehead atoms. The number of hydrogen-bond donors (Lipinski definition) is 2. The molecule has 0 spiro atoms. The fraction of sp³-hybridized carbons (Fsp3) is 0.562. The van der Waals surface area contributed by atoms with Gasteiger partial charge in [0.05, 0.1) is 6.54 Å². The van der Waals surface area contributed by atoms with Crippen molar-refractivity contribution in [3.63, 3.8) is 0 Å². The van der Waals surface area contributed by atoms with Gasteiger partial charge in [-0.1, -0.05) is 6.92 Å². The number of ether oxygens (including phenoxy) is 1. The highest BCUT2D eigenvalue weighted by atomic mass is 19.1. The molecule has 2 rings (SSSR count). The summed E-state index contributed by atoms with van der Waals surface area (Å²) < 4.78 is 18.1. The van der Waals surface area contributed by atoms with E-state index in [0.717, 1.165) is 19.5 Å². The molecular weight excluding hydrogens is 285 g/mol. The molecule has 1 aromatic rings. The topological polar surface area (TPSA) is 71.1 Å². The minimum atomic E-state index is -0.745. The van der Waals surface area contributed by atoms with Crippen LogP contribution in [0.5, 0.6) is 5.75 Å². The molecule has 0 saturated carbocycles. The number of rotatable bonds is 5.